The maximum Gasteiger partial charge on any atom is 0.253 e. The number of halogens is 1. The van der Waals surface area contributed by atoms with E-state index in [4.69, 9.17) is 4.74 Å². The van der Waals surface area contributed by atoms with E-state index in [1.54, 1.807) is 4.90 Å². The normalized spacial score (nSPS) is 28.7. The van der Waals surface area contributed by atoms with Crippen LogP contribution in [0.15, 0.2) is 22.7 Å². The summed E-state index contributed by atoms with van der Waals surface area (Å²) in [6.45, 7) is 7.81. The van der Waals surface area contributed by atoms with Crippen LogP contribution in [0.1, 0.15) is 12.8 Å². The first kappa shape index (κ1) is 20.5. The SMILES string of the molecule is C[Si](C)(C)CCOCN1C(=O)CCC(N2CC3C=CC(Br)=CC3C2=O)C1=O. The van der Waals surface area contributed by atoms with E-state index in [0.29, 0.717) is 19.6 Å². The van der Waals surface area contributed by atoms with Crippen LogP contribution in [0.25, 0.3) is 0 Å². The summed E-state index contributed by atoms with van der Waals surface area (Å²) in [7, 11) is -1.23. The second kappa shape index (κ2) is 8.01. The van der Waals surface area contributed by atoms with Crippen molar-refractivity contribution in [1.29, 1.82) is 0 Å². The van der Waals surface area contributed by atoms with Gasteiger partial charge in [0.1, 0.15) is 12.8 Å². The zero-order valence-corrected chi connectivity index (χ0v) is 18.7. The molecule has 3 atom stereocenters. The van der Waals surface area contributed by atoms with Gasteiger partial charge in [-0.25, -0.2) is 0 Å². The highest BCUT2D eigenvalue weighted by Gasteiger charge is 2.47. The molecular formula is C19H27BrN2O4Si. The van der Waals surface area contributed by atoms with Gasteiger partial charge in [0.15, 0.2) is 0 Å². The third kappa shape index (κ3) is 4.60. The number of fused-ring (bicyclic) bond motifs is 1. The molecule has 3 unspecified atom stereocenters. The van der Waals surface area contributed by atoms with Crippen LogP contribution in [-0.2, 0) is 19.1 Å². The second-order valence-electron chi connectivity index (χ2n) is 8.65. The van der Waals surface area contributed by atoms with E-state index in [1.807, 2.05) is 18.2 Å². The lowest BCUT2D eigenvalue weighted by atomic mass is 9.92. The number of nitrogens with zero attached hydrogens (tertiary/aromatic N) is 2. The molecule has 2 aliphatic heterocycles. The highest BCUT2D eigenvalue weighted by atomic mass is 79.9. The fourth-order valence-corrected chi connectivity index (χ4v) is 4.88. The Morgan fingerprint density at radius 1 is 1.22 bits per heavy atom. The number of ether oxygens (including phenoxy) is 1. The predicted molar refractivity (Wildman–Crippen MR) is 109 cm³/mol. The first-order valence-electron chi connectivity index (χ1n) is 9.45. The highest BCUT2D eigenvalue weighted by molar-refractivity contribution is 9.11. The number of imide groups is 1. The lowest BCUT2D eigenvalue weighted by Gasteiger charge is -2.35. The average molecular weight is 455 g/mol. The van der Waals surface area contributed by atoms with Crippen LogP contribution in [-0.4, -0.2) is 61.5 Å². The summed E-state index contributed by atoms with van der Waals surface area (Å²) in [5, 5.41) is 0. The van der Waals surface area contributed by atoms with E-state index in [9.17, 15) is 14.4 Å². The number of piperidine rings is 1. The number of rotatable bonds is 6. The number of likely N-dealkylation sites (tertiary alicyclic amines) is 2. The molecule has 148 valence electrons. The average Bonchev–Trinajstić information content (AvgIpc) is 2.89. The Bertz CT molecular complexity index is 700. The van der Waals surface area contributed by atoms with Gasteiger partial charge in [0.2, 0.25) is 11.8 Å². The fraction of sp³-hybridized carbons (Fsp3) is 0.632. The van der Waals surface area contributed by atoms with Gasteiger partial charge in [-0.1, -0.05) is 53.8 Å². The number of allylic oxidation sites excluding steroid dienone is 2. The van der Waals surface area contributed by atoms with Crippen LogP contribution in [0.5, 0.6) is 0 Å². The standard InChI is InChI=1S/C19H27BrN2O4Si/c1-27(2,3)9-8-26-12-22-17(23)7-6-16(19(22)25)21-11-13-4-5-14(20)10-15(13)18(21)24/h4-5,10,13,15-16H,6-9,11-12H2,1-3H3. The van der Waals surface area contributed by atoms with Crippen LogP contribution in [0.3, 0.4) is 0 Å². The summed E-state index contributed by atoms with van der Waals surface area (Å²) in [5.74, 6) is -0.690. The minimum atomic E-state index is -1.23. The molecular weight excluding hydrogens is 428 g/mol. The molecule has 0 aromatic carbocycles. The first-order valence-corrected chi connectivity index (χ1v) is 14.0. The Kier molecular flexibility index (Phi) is 6.07. The quantitative estimate of drug-likeness (QED) is 0.351. The van der Waals surface area contributed by atoms with Crippen molar-refractivity contribution in [1.82, 2.24) is 9.80 Å². The van der Waals surface area contributed by atoms with Crippen molar-refractivity contribution in [2.24, 2.45) is 11.8 Å². The van der Waals surface area contributed by atoms with Crippen molar-refractivity contribution in [3.63, 3.8) is 0 Å². The van der Waals surface area contributed by atoms with Crippen molar-refractivity contribution >= 4 is 41.7 Å². The number of amides is 3. The molecule has 0 aromatic rings. The summed E-state index contributed by atoms with van der Waals surface area (Å²) >= 11 is 3.42. The predicted octanol–water partition coefficient (Wildman–Crippen LogP) is 2.74. The lowest BCUT2D eigenvalue weighted by Crippen LogP contribution is -2.55. The molecule has 2 fully saturated rings. The zero-order chi connectivity index (χ0) is 19.8. The fourth-order valence-electron chi connectivity index (χ4n) is 3.68. The molecule has 0 spiro atoms. The summed E-state index contributed by atoms with van der Waals surface area (Å²) in [6.07, 6.45) is 6.53. The monoisotopic (exact) mass is 454 g/mol. The summed E-state index contributed by atoms with van der Waals surface area (Å²) < 4.78 is 6.52. The Morgan fingerprint density at radius 3 is 2.67 bits per heavy atom. The Labute approximate surface area is 169 Å². The van der Waals surface area contributed by atoms with Gasteiger partial charge in [-0.15, -0.1) is 0 Å². The summed E-state index contributed by atoms with van der Waals surface area (Å²) in [5.41, 5.74) is 0. The van der Waals surface area contributed by atoms with Crippen molar-refractivity contribution in [2.75, 3.05) is 19.9 Å². The lowest BCUT2D eigenvalue weighted by molar-refractivity contribution is -0.161. The molecule has 0 saturated carbocycles. The number of carbonyl (C=O) groups excluding carboxylic acids is 3. The minimum absolute atomic E-state index is 0.0150. The summed E-state index contributed by atoms with van der Waals surface area (Å²) in [6, 6.07) is 0.413. The van der Waals surface area contributed by atoms with Gasteiger partial charge in [-0.2, -0.15) is 0 Å². The molecule has 3 aliphatic rings. The molecule has 27 heavy (non-hydrogen) atoms. The molecule has 1 aliphatic carbocycles. The Balaban J connectivity index is 1.63. The number of hydrogen-bond donors (Lipinski definition) is 0. The highest BCUT2D eigenvalue weighted by Crippen LogP contribution is 2.36. The molecule has 6 nitrogen and oxygen atoms in total. The van der Waals surface area contributed by atoms with Gasteiger partial charge in [-0.3, -0.25) is 19.3 Å². The Hall–Kier alpha value is -1.25. The second-order valence-corrected chi connectivity index (χ2v) is 15.2. The number of carbonyl (C=O) groups is 3. The summed E-state index contributed by atoms with van der Waals surface area (Å²) in [4.78, 5) is 40.8. The van der Waals surface area contributed by atoms with E-state index in [0.717, 1.165) is 10.5 Å². The smallest absolute Gasteiger partial charge is 0.253 e. The van der Waals surface area contributed by atoms with Gasteiger partial charge in [0, 0.05) is 38.0 Å². The largest absolute Gasteiger partial charge is 0.361 e. The van der Waals surface area contributed by atoms with Crippen LogP contribution >= 0.6 is 15.9 Å². The maximum atomic E-state index is 12.9. The van der Waals surface area contributed by atoms with Crippen molar-refractivity contribution < 1.29 is 19.1 Å². The van der Waals surface area contributed by atoms with Crippen LogP contribution < -0.4 is 0 Å². The van der Waals surface area contributed by atoms with Gasteiger partial charge in [-0.05, 0) is 12.5 Å². The molecule has 0 aromatic heterocycles. The van der Waals surface area contributed by atoms with E-state index >= 15 is 0 Å². The zero-order valence-electron chi connectivity index (χ0n) is 16.1. The van der Waals surface area contributed by atoms with Gasteiger partial charge >= 0.3 is 0 Å². The minimum Gasteiger partial charge on any atom is -0.361 e. The molecule has 8 heteroatoms. The topological polar surface area (TPSA) is 66.9 Å². The van der Waals surface area contributed by atoms with E-state index < -0.39 is 14.1 Å². The van der Waals surface area contributed by atoms with E-state index in [-0.39, 0.29) is 42.7 Å². The molecule has 3 amide bonds. The van der Waals surface area contributed by atoms with Crippen molar-refractivity contribution in [2.45, 2.75) is 44.6 Å². The van der Waals surface area contributed by atoms with Gasteiger partial charge < -0.3 is 9.64 Å². The van der Waals surface area contributed by atoms with E-state index in [2.05, 4.69) is 35.6 Å². The third-order valence-electron chi connectivity index (χ3n) is 5.36. The van der Waals surface area contributed by atoms with Crippen LogP contribution in [0, 0.1) is 11.8 Å². The van der Waals surface area contributed by atoms with Crippen molar-refractivity contribution in [3.8, 4) is 0 Å². The molecule has 0 N–H and O–H groups in total. The van der Waals surface area contributed by atoms with E-state index in [1.165, 1.54) is 4.90 Å². The molecule has 0 bridgehead atoms. The molecule has 2 heterocycles. The molecule has 2 saturated heterocycles. The number of hydrogen-bond acceptors (Lipinski definition) is 4. The maximum absolute atomic E-state index is 12.9. The first-order chi connectivity index (χ1) is 12.7. The van der Waals surface area contributed by atoms with Crippen LogP contribution in [0.4, 0.5) is 0 Å². The van der Waals surface area contributed by atoms with Gasteiger partial charge in [0.25, 0.3) is 5.91 Å². The molecule has 0 radical (unpaired) electrons. The third-order valence-corrected chi connectivity index (χ3v) is 7.59. The van der Waals surface area contributed by atoms with Crippen LogP contribution in [0.2, 0.25) is 25.7 Å². The van der Waals surface area contributed by atoms with Gasteiger partial charge in [0.05, 0.1) is 5.92 Å². The Morgan fingerprint density at radius 2 is 1.96 bits per heavy atom. The molecule has 3 rings (SSSR count). The van der Waals surface area contributed by atoms with Crippen molar-refractivity contribution in [3.05, 3.63) is 22.7 Å².